The highest BCUT2D eigenvalue weighted by molar-refractivity contribution is 5.76. The Balaban J connectivity index is 1.57. The SMILES string of the molecule is O[C@H](CN=Cc1ccccn1)C[n+]1cc2ccccn2c1-c1ccccn1. The summed E-state index contributed by atoms with van der Waals surface area (Å²) in [5.41, 5.74) is 2.68. The fourth-order valence-electron chi connectivity index (χ4n) is 3.02. The van der Waals surface area contributed by atoms with E-state index in [1.54, 1.807) is 18.6 Å². The van der Waals surface area contributed by atoms with Gasteiger partial charge in [-0.25, -0.2) is 9.55 Å². The zero-order chi connectivity index (χ0) is 18.5. The minimum atomic E-state index is -0.616. The average molecular weight is 358 g/mol. The number of pyridine rings is 3. The number of aromatic nitrogens is 4. The highest BCUT2D eigenvalue weighted by atomic mass is 16.3. The largest absolute Gasteiger partial charge is 0.387 e. The summed E-state index contributed by atoms with van der Waals surface area (Å²) in [4.78, 5) is 13.0. The van der Waals surface area contributed by atoms with Gasteiger partial charge in [0, 0.05) is 18.6 Å². The van der Waals surface area contributed by atoms with Crippen LogP contribution >= 0.6 is 0 Å². The molecule has 0 saturated carbocycles. The molecule has 4 rings (SSSR count). The number of aliphatic hydroxyl groups excluding tert-OH is 1. The fourth-order valence-corrected chi connectivity index (χ4v) is 3.02. The van der Waals surface area contributed by atoms with E-state index in [1.807, 2.05) is 71.6 Å². The topological polar surface area (TPSA) is 66.7 Å². The van der Waals surface area contributed by atoms with Gasteiger partial charge in [-0.05, 0) is 36.4 Å². The first-order valence-electron chi connectivity index (χ1n) is 8.81. The van der Waals surface area contributed by atoms with E-state index >= 15 is 0 Å². The summed E-state index contributed by atoms with van der Waals surface area (Å²) >= 11 is 0. The van der Waals surface area contributed by atoms with Crippen molar-refractivity contribution in [2.24, 2.45) is 4.99 Å². The van der Waals surface area contributed by atoms with E-state index in [0.29, 0.717) is 13.1 Å². The van der Waals surface area contributed by atoms with E-state index in [0.717, 1.165) is 22.7 Å². The zero-order valence-corrected chi connectivity index (χ0v) is 14.8. The van der Waals surface area contributed by atoms with E-state index in [-0.39, 0.29) is 0 Å². The lowest BCUT2D eigenvalue weighted by atomic mass is 10.3. The normalized spacial score (nSPS) is 12.6. The maximum atomic E-state index is 10.5. The summed E-state index contributed by atoms with van der Waals surface area (Å²) < 4.78 is 4.10. The first-order valence-corrected chi connectivity index (χ1v) is 8.81. The molecule has 0 radical (unpaired) electrons. The number of nitrogens with zero attached hydrogens (tertiary/aromatic N) is 5. The van der Waals surface area contributed by atoms with Crippen LogP contribution in [0.1, 0.15) is 5.69 Å². The Hall–Kier alpha value is -3.38. The van der Waals surface area contributed by atoms with Crippen LogP contribution in [0, 0.1) is 0 Å². The number of imidazole rings is 1. The molecule has 0 unspecified atom stereocenters. The van der Waals surface area contributed by atoms with Crippen molar-refractivity contribution in [2.45, 2.75) is 12.6 Å². The van der Waals surface area contributed by atoms with Crippen molar-refractivity contribution in [3.63, 3.8) is 0 Å². The molecule has 0 amide bonds. The standard InChI is InChI=1S/C21H20N5O/c27-19(14-22-13-17-7-1-4-10-23-17)16-25-15-18-8-3-6-12-26(18)21(25)20-9-2-5-11-24-20/h1-13,15,19,27H,14,16H2/q+1/t19-/m1/s1. The van der Waals surface area contributed by atoms with Gasteiger partial charge < -0.3 is 5.11 Å². The van der Waals surface area contributed by atoms with Crippen LogP contribution in [0.3, 0.4) is 0 Å². The fraction of sp³-hybridized carbons (Fsp3) is 0.143. The minimum absolute atomic E-state index is 0.303. The molecule has 0 aromatic carbocycles. The maximum absolute atomic E-state index is 10.5. The average Bonchev–Trinajstić information content (AvgIpc) is 3.07. The Labute approximate surface area is 157 Å². The zero-order valence-electron chi connectivity index (χ0n) is 14.8. The highest BCUT2D eigenvalue weighted by Gasteiger charge is 2.22. The van der Waals surface area contributed by atoms with Crippen LogP contribution in [0.2, 0.25) is 0 Å². The summed E-state index contributed by atoms with van der Waals surface area (Å²) in [6, 6.07) is 17.5. The van der Waals surface area contributed by atoms with Gasteiger partial charge in [-0.1, -0.05) is 18.2 Å². The first-order chi connectivity index (χ1) is 13.3. The molecule has 4 aromatic heterocycles. The second kappa shape index (κ2) is 7.88. The summed E-state index contributed by atoms with van der Waals surface area (Å²) in [5.74, 6) is 0.930. The van der Waals surface area contributed by atoms with Crippen molar-refractivity contribution in [3.8, 4) is 11.5 Å². The third kappa shape index (κ3) is 3.91. The van der Waals surface area contributed by atoms with Gasteiger partial charge >= 0.3 is 5.82 Å². The molecule has 27 heavy (non-hydrogen) atoms. The first kappa shape index (κ1) is 17.1. The lowest BCUT2D eigenvalue weighted by Gasteiger charge is -2.06. The van der Waals surface area contributed by atoms with Gasteiger partial charge in [-0.15, -0.1) is 0 Å². The number of aliphatic imine (C=N–C) groups is 1. The molecule has 0 fully saturated rings. The van der Waals surface area contributed by atoms with Crippen molar-refractivity contribution in [3.05, 3.63) is 85.1 Å². The smallest absolute Gasteiger partial charge is 0.313 e. The van der Waals surface area contributed by atoms with E-state index in [9.17, 15) is 5.11 Å². The summed E-state index contributed by atoms with van der Waals surface area (Å²) in [6.07, 6.45) is 8.59. The van der Waals surface area contributed by atoms with Crippen molar-refractivity contribution in [1.29, 1.82) is 0 Å². The van der Waals surface area contributed by atoms with E-state index in [2.05, 4.69) is 19.4 Å². The third-order valence-electron chi connectivity index (χ3n) is 4.21. The lowest BCUT2D eigenvalue weighted by Crippen LogP contribution is -2.41. The maximum Gasteiger partial charge on any atom is 0.313 e. The van der Waals surface area contributed by atoms with Gasteiger partial charge in [-0.2, -0.15) is 4.40 Å². The molecule has 0 aliphatic carbocycles. The Kier molecular flexibility index (Phi) is 4.98. The summed E-state index contributed by atoms with van der Waals surface area (Å²) in [5, 5.41) is 10.5. The van der Waals surface area contributed by atoms with Crippen LogP contribution in [0.15, 0.2) is 84.4 Å². The van der Waals surface area contributed by atoms with Gasteiger partial charge in [0.1, 0.15) is 18.8 Å². The van der Waals surface area contributed by atoms with E-state index in [1.165, 1.54) is 0 Å². The van der Waals surface area contributed by atoms with Crippen LogP contribution < -0.4 is 4.57 Å². The number of hydrogen-bond acceptors (Lipinski definition) is 4. The second-order valence-corrected chi connectivity index (χ2v) is 6.22. The third-order valence-corrected chi connectivity index (χ3v) is 4.21. The molecule has 0 aliphatic heterocycles. The number of fused-ring (bicyclic) bond motifs is 1. The van der Waals surface area contributed by atoms with Crippen molar-refractivity contribution < 1.29 is 9.67 Å². The van der Waals surface area contributed by atoms with E-state index in [4.69, 9.17) is 0 Å². The molecule has 134 valence electrons. The van der Waals surface area contributed by atoms with Crippen LogP contribution in [0.25, 0.3) is 17.0 Å². The molecule has 6 nitrogen and oxygen atoms in total. The lowest BCUT2D eigenvalue weighted by molar-refractivity contribution is -0.691. The van der Waals surface area contributed by atoms with Crippen LogP contribution in [-0.4, -0.2) is 38.3 Å². The molecule has 4 aromatic rings. The van der Waals surface area contributed by atoms with E-state index < -0.39 is 6.10 Å². The predicted octanol–water partition coefficient (Wildman–Crippen LogP) is 2.16. The molecule has 0 aliphatic rings. The van der Waals surface area contributed by atoms with Gasteiger partial charge in [0.2, 0.25) is 0 Å². The van der Waals surface area contributed by atoms with Crippen LogP contribution in [0.5, 0.6) is 0 Å². The molecule has 0 saturated heterocycles. The Morgan fingerprint density at radius 3 is 2.63 bits per heavy atom. The summed E-state index contributed by atoms with van der Waals surface area (Å²) in [7, 11) is 0. The molecular formula is C21H20N5O+. The van der Waals surface area contributed by atoms with Crippen molar-refractivity contribution >= 4 is 11.7 Å². The number of hydrogen-bond donors (Lipinski definition) is 1. The second-order valence-electron chi connectivity index (χ2n) is 6.22. The van der Waals surface area contributed by atoms with Crippen molar-refractivity contribution in [1.82, 2.24) is 14.4 Å². The van der Waals surface area contributed by atoms with Gasteiger partial charge in [0.25, 0.3) is 0 Å². The van der Waals surface area contributed by atoms with Gasteiger partial charge in [0.05, 0.1) is 18.4 Å². The molecule has 6 heteroatoms. The Morgan fingerprint density at radius 1 is 1.04 bits per heavy atom. The molecule has 1 N–H and O–H groups in total. The molecular weight excluding hydrogens is 338 g/mol. The van der Waals surface area contributed by atoms with Crippen molar-refractivity contribution in [2.75, 3.05) is 6.54 Å². The number of aliphatic hydroxyl groups is 1. The highest BCUT2D eigenvalue weighted by Crippen LogP contribution is 2.16. The minimum Gasteiger partial charge on any atom is -0.387 e. The predicted molar refractivity (Wildman–Crippen MR) is 104 cm³/mol. The van der Waals surface area contributed by atoms with Gasteiger partial charge in [0.15, 0.2) is 11.2 Å². The molecule has 0 bridgehead atoms. The quantitative estimate of drug-likeness (QED) is 0.424. The monoisotopic (exact) mass is 358 g/mol. The summed E-state index contributed by atoms with van der Waals surface area (Å²) in [6.45, 7) is 0.727. The molecule has 0 spiro atoms. The molecule has 1 atom stereocenters. The Bertz CT molecular complexity index is 1040. The Morgan fingerprint density at radius 2 is 1.85 bits per heavy atom. The molecule has 4 heterocycles. The van der Waals surface area contributed by atoms with Crippen LogP contribution in [0.4, 0.5) is 0 Å². The van der Waals surface area contributed by atoms with Crippen LogP contribution in [-0.2, 0) is 6.54 Å². The van der Waals surface area contributed by atoms with Gasteiger partial charge in [-0.3, -0.25) is 9.98 Å². The number of rotatable bonds is 6.